The molecule has 0 unspecified atom stereocenters. The van der Waals surface area contributed by atoms with Gasteiger partial charge in [-0.1, -0.05) is 80.4 Å². The highest BCUT2D eigenvalue weighted by Gasteiger charge is 2.20. The molecular formula is C29H44O. The lowest BCUT2D eigenvalue weighted by atomic mass is 9.80. The Kier molecular flexibility index (Phi) is 9.01. The van der Waals surface area contributed by atoms with E-state index < -0.39 is 0 Å². The lowest BCUT2D eigenvalue weighted by Gasteiger charge is -2.24. The van der Waals surface area contributed by atoms with Crippen molar-refractivity contribution >= 4 is 0 Å². The third kappa shape index (κ3) is 5.68. The van der Waals surface area contributed by atoms with Crippen molar-refractivity contribution in [2.24, 2.45) is 0 Å². The average Bonchev–Trinajstić information content (AvgIpc) is 2.70. The van der Waals surface area contributed by atoms with Gasteiger partial charge < -0.3 is 5.11 Å². The third-order valence-corrected chi connectivity index (χ3v) is 6.29. The molecule has 0 aliphatic rings. The summed E-state index contributed by atoms with van der Waals surface area (Å²) in [5.41, 5.74) is 9.27. The van der Waals surface area contributed by atoms with E-state index >= 15 is 0 Å². The molecule has 166 valence electrons. The van der Waals surface area contributed by atoms with E-state index in [2.05, 4.69) is 79.7 Å². The van der Waals surface area contributed by atoms with Crippen LogP contribution in [-0.2, 0) is 12.8 Å². The van der Waals surface area contributed by atoms with Crippen molar-refractivity contribution in [3.8, 4) is 16.9 Å². The van der Waals surface area contributed by atoms with Gasteiger partial charge in [0.1, 0.15) is 5.75 Å². The van der Waals surface area contributed by atoms with E-state index in [0.717, 1.165) is 49.7 Å². The Morgan fingerprint density at radius 3 is 1.43 bits per heavy atom. The van der Waals surface area contributed by atoms with E-state index in [-0.39, 0.29) is 0 Å². The van der Waals surface area contributed by atoms with Gasteiger partial charge in [0.2, 0.25) is 0 Å². The van der Waals surface area contributed by atoms with Gasteiger partial charge >= 0.3 is 0 Å². The van der Waals surface area contributed by atoms with Crippen LogP contribution in [0.15, 0.2) is 24.3 Å². The minimum absolute atomic E-state index is 0.461. The van der Waals surface area contributed by atoms with Crippen LogP contribution in [0.1, 0.15) is 127 Å². The maximum atomic E-state index is 11.0. The predicted molar refractivity (Wildman–Crippen MR) is 133 cm³/mol. The van der Waals surface area contributed by atoms with E-state index in [1.54, 1.807) is 0 Å². The molecule has 0 spiro atoms. The number of rotatable bonds is 10. The van der Waals surface area contributed by atoms with Gasteiger partial charge in [0, 0.05) is 0 Å². The molecule has 2 aromatic carbocycles. The summed E-state index contributed by atoms with van der Waals surface area (Å²) in [5, 5.41) is 11.0. The van der Waals surface area contributed by atoms with Crippen molar-refractivity contribution in [3.05, 3.63) is 52.1 Å². The predicted octanol–water partition coefficient (Wildman–Crippen LogP) is 9.11. The molecule has 1 nitrogen and oxygen atoms in total. The second-order valence-corrected chi connectivity index (χ2v) is 9.89. The summed E-state index contributed by atoms with van der Waals surface area (Å²) in [4.78, 5) is 0. The van der Waals surface area contributed by atoms with Crippen LogP contribution in [0.2, 0.25) is 0 Å². The van der Waals surface area contributed by atoms with Gasteiger partial charge in [0.15, 0.2) is 0 Å². The zero-order valence-corrected chi connectivity index (χ0v) is 20.7. The molecule has 1 N–H and O–H groups in total. The van der Waals surface area contributed by atoms with Crippen LogP contribution in [0, 0.1) is 0 Å². The number of unbranched alkanes of at least 4 members (excludes halogenated alkanes) is 2. The van der Waals surface area contributed by atoms with Crippen molar-refractivity contribution in [1.29, 1.82) is 0 Å². The Balaban J connectivity index is 2.79. The van der Waals surface area contributed by atoms with Crippen LogP contribution in [0.3, 0.4) is 0 Å². The monoisotopic (exact) mass is 408 g/mol. The molecule has 0 radical (unpaired) electrons. The molecule has 30 heavy (non-hydrogen) atoms. The summed E-state index contributed by atoms with van der Waals surface area (Å²) >= 11 is 0. The first-order valence-corrected chi connectivity index (χ1v) is 12.2. The molecule has 0 saturated heterocycles. The van der Waals surface area contributed by atoms with Crippen LogP contribution in [0.4, 0.5) is 0 Å². The third-order valence-electron chi connectivity index (χ3n) is 6.29. The quantitative estimate of drug-likeness (QED) is 0.415. The molecule has 0 heterocycles. The summed E-state index contributed by atoms with van der Waals surface area (Å²) in [6.07, 6.45) is 6.42. The maximum Gasteiger partial charge on any atom is 0.121 e. The first-order valence-electron chi connectivity index (χ1n) is 12.2. The lowest BCUT2D eigenvalue weighted by molar-refractivity contribution is 0.458. The topological polar surface area (TPSA) is 20.2 Å². The summed E-state index contributed by atoms with van der Waals surface area (Å²) in [6, 6.07) is 9.42. The van der Waals surface area contributed by atoms with Gasteiger partial charge in [-0.05, 0) is 94.5 Å². The minimum Gasteiger partial charge on any atom is -0.507 e. The van der Waals surface area contributed by atoms with Crippen LogP contribution in [0.25, 0.3) is 11.1 Å². The van der Waals surface area contributed by atoms with Gasteiger partial charge in [-0.15, -0.1) is 0 Å². The molecule has 0 atom stereocenters. The summed E-state index contributed by atoms with van der Waals surface area (Å²) < 4.78 is 0. The molecule has 0 aliphatic carbocycles. The highest BCUT2D eigenvalue weighted by atomic mass is 16.3. The molecule has 0 amide bonds. The Morgan fingerprint density at radius 2 is 1.10 bits per heavy atom. The lowest BCUT2D eigenvalue weighted by Crippen LogP contribution is -2.05. The van der Waals surface area contributed by atoms with Crippen molar-refractivity contribution in [1.82, 2.24) is 0 Å². The van der Waals surface area contributed by atoms with Gasteiger partial charge in [-0.25, -0.2) is 0 Å². The molecule has 0 aliphatic heterocycles. The van der Waals surface area contributed by atoms with Gasteiger partial charge in [-0.2, -0.15) is 0 Å². The average molecular weight is 409 g/mol. The Bertz CT molecular complexity index is 768. The van der Waals surface area contributed by atoms with Crippen molar-refractivity contribution in [3.63, 3.8) is 0 Å². The largest absolute Gasteiger partial charge is 0.507 e. The zero-order chi connectivity index (χ0) is 22.4. The van der Waals surface area contributed by atoms with Crippen molar-refractivity contribution in [2.45, 2.75) is 112 Å². The molecular weight excluding hydrogens is 364 g/mol. The normalized spacial score (nSPS) is 11.8. The molecule has 2 rings (SSSR count). The zero-order valence-electron chi connectivity index (χ0n) is 20.7. The molecule has 1 heteroatoms. The number of hydrogen-bond donors (Lipinski definition) is 1. The van der Waals surface area contributed by atoms with E-state index in [9.17, 15) is 5.11 Å². The van der Waals surface area contributed by atoms with E-state index in [1.165, 1.54) is 27.8 Å². The summed E-state index contributed by atoms with van der Waals surface area (Å²) in [5.74, 6) is 1.98. The number of aromatic hydroxyl groups is 1. The second-order valence-electron chi connectivity index (χ2n) is 9.89. The van der Waals surface area contributed by atoms with E-state index in [1.807, 2.05) is 0 Å². The summed E-state index contributed by atoms with van der Waals surface area (Å²) in [7, 11) is 0. The van der Waals surface area contributed by atoms with Crippen molar-refractivity contribution in [2.75, 3.05) is 0 Å². The fourth-order valence-electron chi connectivity index (χ4n) is 4.31. The van der Waals surface area contributed by atoms with Crippen LogP contribution in [0.5, 0.6) is 5.75 Å². The fraction of sp³-hybridized carbons (Fsp3) is 0.586. The molecule has 0 saturated carbocycles. The Morgan fingerprint density at radius 1 is 0.667 bits per heavy atom. The van der Waals surface area contributed by atoms with E-state index in [4.69, 9.17) is 0 Å². The number of benzene rings is 2. The second kappa shape index (κ2) is 11.0. The van der Waals surface area contributed by atoms with Crippen LogP contribution < -0.4 is 0 Å². The molecule has 0 bridgehead atoms. The molecule has 2 aromatic rings. The van der Waals surface area contributed by atoms with Crippen LogP contribution in [-0.4, -0.2) is 5.11 Å². The summed E-state index contributed by atoms with van der Waals surface area (Å²) in [6.45, 7) is 18.2. The highest BCUT2D eigenvalue weighted by molar-refractivity contribution is 5.75. The van der Waals surface area contributed by atoms with Crippen LogP contribution >= 0.6 is 0 Å². The van der Waals surface area contributed by atoms with Gasteiger partial charge in [-0.3, -0.25) is 0 Å². The molecule has 0 aromatic heterocycles. The van der Waals surface area contributed by atoms with Gasteiger partial charge in [0.25, 0.3) is 0 Å². The first kappa shape index (κ1) is 24.5. The minimum atomic E-state index is 0.461. The number of phenolic OH excluding ortho intramolecular Hbond substituents is 1. The SMILES string of the molecule is CCCCc1cc(-c2c(C(C)C)cc(C(C)C)cc2C(C)C)cc(CCCC)c1O. The smallest absolute Gasteiger partial charge is 0.121 e. The number of hydrogen-bond acceptors (Lipinski definition) is 1. The fourth-order valence-corrected chi connectivity index (χ4v) is 4.31. The van der Waals surface area contributed by atoms with Gasteiger partial charge in [0.05, 0.1) is 0 Å². The standard InChI is InChI=1S/C29H44O/c1-9-11-13-22-15-25(16-23(29(22)30)14-12-10-2)28-26(20(5)6)17-24(19(3)4)18-27(28)21(7)8/h15-21,30H,9-14H2,1-8H3. The molecule has 0 fully saturated rings. The van der Waals surface area contributed by atoms with Crippen molar-refractivity contribution < 1.29 is 5.11 Å². The maximum absolute atomic E-state index is 11.0. The van der Waals surface area contributed by atoms with E-state index in [0.29, 0.717) is 23.5 Å². The number of aryl methyl sites for hydroxylation is 2. The highest BCUT2D eigenvalue weighted by Crippen LogP contribution is 2.41. The Labute approximate surface area is 185 Å². The Hall–Kier alpha value is -1.76. The first-order chi connectivity index (χ1) is 14.2. The number of phenols is 1.